The van der Waals surface area contributed by atoms with Crippen LogP contribution in [0.2, 0.25) is 0 Å². The number of ether oxygens (including phenoxy) is 1. The second kappa shape index (κ2) is 9.08. The summed E-state index contributed by atoms with van der Waals surface area (Å²) in [6.07, 6.45) is 5.47. The van der Waals surface area contributed by atoms with Gasteiger partial charge in [-0.1, -0.05) is 31.0 Å². The molecule has 152 valence electrons. The number of nitrogens with one attached hydrogen (secondary N) is 1. The minimum Gasteiger partial charge on any atom is -0.494 e. The maximum absolute atomic E-state index is 12.5. The zero-order valence-electron chi connectivity index (χ0n) is 16.1. The van der Waals surface area contributed by atoms with Crippen molar-refractivity contribution in [3.05, 3.63) is 30.3 Å². The summed E-state index contributed by atoms with van der Waals surface area (Å²) in [5.74, 6) is -0.745. The van der Waals surface area contributed by atoms with Crippen molar-refractivity contribution in [1.29, 1.82) is 0 Å². The van der Waals surface area contributed by atoms with Crippen LogP contribution in [0.15, 0.2) is 30.3 Å². The molecule has 1 aromatic rings. The lowest BCUT2D eigenvalue weighted by atomic mass is 9.84. The van der Waals surface area contributed by atoms with E-state index in [9.17, 15) is 19.5 Å². The summed E-state index contributed by atoms with van der Waals surface area (Å²) < 4.78 is 5.54. The van der Waals surface area contributed by atoms with Crippen LogP contribution >= 0.6 is 0 Å². The number of amides is 2. The summed E-state index contributed by atoms with van der Waals surface area (Å²) in [6, 6.07) is 8.59. The van der Waals surface area contributed by atoms with Gasteiger partial charge in [-0.15, -0.1) is 0 Å². The van der Waals surface area contributed by atoms with Gasteiger partial charge in [0.25, 0.3) is 0 Å². The van der Waals surface area contributed by atoms with Gasteiger partial charge >= 0.3 is 5.97 Å². The Balaban J connectivity index is 1.40. The van der Waals surface area contributed by atoms with Gasteiger partial charge in [0, 0.05) is 13.0 Å². The van der Waals surface area contributed by atoms with E-state index >= 15 is 0 Å². The van der Waals surface area contributed by atoms with Gasteiger partial charge in [-0.25, -0.2) is 4.79 Å². The number of carboxylic acids is 1. The first-order chi connectivity index (χ1) is 13.5. The molecule has 0 unspecified atom stereocenters. The minimum atomic E-state index is -0.957. The Bertz CT molecular complexity index is 700. The third kappa shape index (κ3) is 5.03. The van der Waals surface area contributed by atoms with Crippen LogP contribution < -0.4 is 10.1 Å². The van der Waals surface area contributed by atoms with Crippen LogP contribution in [0.1, 0.15) is 44.9 Å². The molecule has 1 saturated heterocycles. The zero-order valence-corrected chi connectivity index (χ0v) is 16.1. The van der Waals surface area contributed by atoms with E-state index in [1.165, 1.54) is 4.90 Å². The predicted octanol–water partition coefficient (Wildman–Crippen LogP) is 2.21. The molecule has 7 heteroatoms. The SMILES string of the molecule is O=C(CCCOc1ccccc1)NCC(=O)N1CC2(CCCC2)C[C@H]1C(=O)O. The van der Waals surface area contributed by atoms with Gasteiger partial charge in [0.15, 0.2) is 0 Å². The highest BCUT2D eigenvalue weighted by atomic mass is 16.5. The first-order valence-corrected chi connectivity index (χ1v) is 9.96. The van der Waals surface area contributed by atoms with Crippen LogP contribution in [0, 0.1) is 5.41 Å². The molecule has 2 aliphatic rings. The molecule has 2 amide bonds. The van der Waals surface area contributed by atoms with Crippen LogP contribution in [0.3, 0.4) is 0 Å². The Labute approximate surface area is 165 Å². The number of carbonyl (C=O) groups is 3. The zero-order chi connectivity index (χ0) is 20.0. The quantitative estimate of drug-likeness (QED) is 0.666. The smallest absolute Gasteiger partial charge is 0.326 e. The number of hydrogen-bond acceptors (Lipinski definition) is 4. The molecule has 2 fully saturated rings. The first kappa shape index (κ1) is 20.2. The number of aliphatic carboxylic acids is 1. The second-order valence-electron chi connectivity index (χ2n) is 7.83. The van der Waals surface area contributed by atoms with Crippen molar-refractivity contribution in [2.75, 3.05) is 19.7 Å². The number of benzene rings is 1. The number of rotatable bonds is 8. The number of likely N-dealkylation sites (tertiary alicyclic amines) is 1. The van der Waals surface area contributed by atoms with Gasteiger partial charge in [0.05, 0.1) is 13.2 Å². The van der Waals surface area contributed by atoms with Crippen LogP contribution in [-0.4, -0.2) is 53.5 Å². The number of nitrogens with zero attached hydrogens (tertiary/aromatic N) is 1. The number of para-hydroxylation sites is 1. The maximum Gasteiger partial charge on any atom is 0.326 e. The lowest BCUT2D eigenvalue weighted by Gasteiger charge is -2.24. The van der Waals surface area contributed by atoms with Crippen molar-refractivity contribution < 1.29 is 24.2 Å². The highest BCUT2D eigenvalue weighted by Crippen LogP contribution is 2.47. The lowest BCUT2D eigenvalue weighted by molar-refractivity contribution is -0.148. The fourth-order valence-electron chi connectivity index (χ4n) is 4.33. The van der Waals surface area contributed by atoms with E-state index in [1.807, 2.05) is 30.3 Å². The van der Waals surface area contributed by atoms with E-state index in [2.05, 4.69) is 5.32 Å². The third-order valence-electron chi connectivity index (χ3n) is 5.77. The molecule has 1 aromatic carbocycles. The predicted molar refractivity (Wildman–Crippen MR) is 103 cm³/mol. The van der Waals surface area contributed by atoms with Gasteiger partial charge < -0.3 is 20.1 Å². The molecule has 1 aliphatic heterocycles. The van der Waals surface area contributed by atoms with E-state index in [0.717, 1.165) is 31.4 Å². The molecule has 1 heterocycles. The number of hydrogen-bond donors (Lipinski definition) is 2. The molecule has 0 aromatic heterocycles. The molecular weight excluding hydrogens is 360 g/mol. The summed E-state index contributed by atoms with van der Waals surface area (Å²) in [7, 11) is 0. The largest absolute Gasteiger partial charge is 0.494 e. The van der Waals surface area contributed by atoms with E-state index in [1.54, 1.807) is 0 Å². The molecule has 3 rings (SSSR count). The van der Waals surface area contributed by atoms with Crippen molar-refractivity contribution in [3.63, 3.8) is 0 Å². The van der Waals surface area contributed by atoms with E-state index in [-0.39, 0.29) is 30.2 Å². The molecule has 28 heavy (non-hydrogen) atoms. The molecule has 0 radical (unpaired) electrons. The standard InChI is InChI=1S/C21H28N2O5/c24-18(9-6-12-28-16-7-2-1-3-8-16)22-14-19(25)23-15-21(10-4-5-11-21)13-17(23)20(26)27/h1-3,7-8,17H,4-6,9-15H2,(H,22,24)(H,26,27)/t17-/m0/s1. The third-order valence-corrected chi connectivity index (χ3v) is 5.77. The molecule has 1 spiro atoms. The van der Waals surface area contributed by atoms with Crippen molar-refractivity contribution in [2.45, 2.75) is 51.0 Å². The highest BCUT2D eigenvalue weighted by Gasteiger charge is 2.49. The minimum absolute atomic E-state index is 0.0441. The molecule has 1 aliphatic carbocycles. The highest BCUT2D eigenvalue weighted by molar-refractivity contribution is 5.88. The van der Waals surface area contributed by atoms with Gasteiger partial charge in [0.1, 0.15) is 11.8 Å². The van der Waals surface area contributed by atoms with Crippen LogP contribution in [-0.2, 0) is 14.4 Å². The second-order valence-corrected chi connectivity index (χ2v) is 7.83. The fourth-order valence-corrected chi connectivity index (χ4v) is 4.33. The Kier molecular flexibility index (Phi) is 6.54. The molecule has 1 saturated carbocycles. The summed E-state index contributed by atoms with van der Waals surface area (Å²) in [5.41, 5.74) is -0.0441. The Hall–Kier alpha value is -2.57. The van der Waals surface area contributed by atoms with Crippen molar-refractivity contribution >= 4 is 17.8 Å². The fraction of sp³-hybridized carbons (Fsp3) is 0.571. The van der Waals surface area contributed by atoms with Crippen LogP contribution in [0.5, 0.6) is 5.75 Å². The molecule has 7 nitrogen and oxygen atoms in total. The van der Waals surface area contributed by atoms with Gasteiger partial charge in [-0.05, 0) is 43.2 Å². The van der Waals surface area contributed by atoms with Gasteiger partial charge in [-0.3, -0.25) is 9.59 Å². The van der Waals surface area contributed by atoms with Crippen LogP contribution in [0.25, 0.3) is 0 Å². The van der Waals surface area contributed by atoms with E-state index in [4.69, 9.17) is 4.74 Å². The van der Waals surface area contributed by atoms with Gasteiger partial charge in [-0.2, -0.15) is 0 Å². The van der Waals surface area contributed by atoms with Crippen molar-refractivity contribution in [3.8, 4) is 5.75 Å². The van der Waals surface area contributed by atoms with Gasteiger partial charge in [0.2, 0.25) is 11.8 Å². The van der Waals surface area contributed by atoms with Crippen molar-refractivity contribution in [1.82, 2.24) is 10.2 Å². The van der Waals surface area contributed by atoms with E-state index in [0.29, 0.717) is 26.0 Å². The number of carboxylic acid groups (broad SMARTS) is 1. The maximum atomic E-state index is 12.5. The Morgan fingerprint density at radius 2 is 1.89 bits per heavy atom. The van der Waals surface area contributed by atoms with Crippen molar-refractivity contribution in [2.24, 2.45) is 5.41 Å². The lowest BCUT2D eigenvalue weighted by Crippen LogP contribution is -2.45. The molecule has 0 bridgehead atoms. The first-order valence-electron chi connectivity index (χ1n) is 9.96. The average Bonchev–Trinajstić information content (AvgIpc) is 3.31. The van der Waals surface area contributed by atoms with E-state index < -0.39 is 12.0 Å². The Morgan fingerprint density at radius 1 is 1.18 bits per heavy atom. The Morgan fingerprint density at radius 3 is 2.57 bits per heavy atom. The molecule has 1 atom stereocenters. The number of carbonyl (C=O) groups excluding carboxylic acids is 2. The summed E-state index contributed by atoms with van der Waals surface area (Å²) in [5, 5.41) is 12.1. The summed E-state index contributed by atoms with van der Waals surface area (Å²) >= 11 is 0. The normalized spacial score (nSPS) is 20.3. The topological polar surface area (TPSA) is 95.9 Å². The monoisotopic (exact) mass is 388 g/mol. The molecule has 2 N–H and O–H groups in total. The van der Waals surface area contributed by atoms with Crippen LogP contribution in [0.4, 0.5) is 0 Å². The summed E-state index contributed by atoms with van der Waals surface area (Å²) in [4.78, 5) is 37.6. The summed E-state index contributed by atoms with van der Waals surface area (Å²) in [6.45, 7) is 0.753. The average molecular weight is 388 g/mol. The molecular formula is C21H28N2O5.